The third-order valence-corrected chi connectivity index (χ3v) is 4.53. The van der Waals surface area contributed by atoms with E-state index in [0.29, 0.717) is 10.9 Å². The Morgan fingerprint density at radius 3 is 2.85 bits per heavy atom. The summed E-state index contributed by atoms with van der Waals surface area (Å²) < 4.78 is 6.11. The van der Waals surface area contributed by atoms with Crippen molar-refractivity contribution in [3.8, 4) is 5.75 Å². The van der Waals surface area contributed by atoms with Crippen LogP contribution in [0, 0.1) is 6.92 Å². The maximum atomic E-state index is 11.5. The number of benzene rings is 1. The second kappa shape index (κ2) is 5.97. The second-order valence-electron chi connectivity index (χ2n) is 5.39. The van der Waals surface area contributed by atoms with E-state index in [2.05, 4.69) is 23.6 Å². The van der Waals surface area contributed by atoms with Gasteiger partial charge >= 0.3 is 0 Å². The number of pyridine rings is 1. The fraction of sp³-hybridized carbons (Fsp3) is 0.400. The maximum Gasteiger partial charge on any atom is 0.248 e. The molecule has 3 rings (SSSR count). The summed E-state index contributed by atoms with van der Waals surface area (Å²) in [6.07, 6.45) is 5.75. The number of aryl methyl sites for hydroxylation is 1. The summed E-state index contributed by atoms with van der Waals surface area (Å²) in [5.74, 6) is 2.06. The quantitative estimate of drug-likeness (QED) is 0.518. The fourth-order valence-corrected chi connectivity index (χ4v) is 3.69. The predicted octanol–water partition coefficient (Wildman–Crippen LogP) is -0.978. The zero-order valence-corrected chi connectivity index (χ0v) is 14.8. The molecule has 1 aliphatic rings. The molecule has 1 N–H and O–H groups in total. The average Bonchev–Trinajstić information content (AvgIpc) is 2.70. The zero-order valence-electron chi connectivity index (χ0n) is 11.8. The van der Waals surface area contributed by atoms with Crippen LogP contribution in [0.15, 0.2) is 23.0 Å². The first-order valence-corrected chi connectivity index (χ1v) is 8.62. The number of ether oxygens (including phenoxy) is 1. The van der Waals surface area contributed by atoms with E-state index in [0.717, 1.165) is 34.4 Å². The number of halogens is 1. The van der Waals surface area contributed by atoms with Crippen molar-refractivity contribution >= 4 is 21.8 Å². The molecule has 0 radical (unpaired) electrons. The summed E-state index contributed by atoms with van der Waals surface area (Å²) >= 11 is 0. The molecule has 0 aliphatic carbocycles. The van der Waals surface area contributed by atoms with E-state index in [1.165, 1.54) is 5.56 Å². The van der Waals surface area contributed by atoms with Gasteiger partial charge in [0.1, 0.15) is 17.6 Å². The molecule has 0 saturated heterocycles. The Bertz CT molecular complexity index is 696. The van der Waals surface area contributed by atoms with Crippen LogP contribution in [0.5, 0.6) is 5.75 Å². The van der Waals surface area contributed by atoms with Crippen LogP contribution < -0.4 is 34.3 Å². The Balaban J connectivity index is 0.00000147. The van der Waals surface area contributed by atoms with Crippen LogP contribution in [0.25, 0.3) is 10.9 Å². The second-order valence-corrected chi connectivity index (χ2v) is 7.69. The van der Waals surface area contributed by atoms with Gasteiger partial charge in [-0.25, -0.2) is 0 Å². The van der Waals surface area contributed by atoms with Crippen molar-refractivity contribution in [1.29, 1.82) is 0 Å². The van der Waals surface area contributed by atoms with Crippen molar-refractivity contribution in [1.82, 2.24) is 4.98 Å². The van der Waals surface area contributed by atoms with Gasteiger partial charge < -0.3 is 33.7 Å². The molecule has 0 amide bonds. The lowest BCUT2D eigenvalue weighted by Gasteiger charge is -2.10. The molecule has 2 aromatic rings. The van der Waals surface area contributed by atoms with Crippen molar-refractivity contribution in [3.05, 3.63) is 39.7 Å². The normalized spacial score (nSPS) is 16.9. The molecule has 5 heteroatoms. The summed E-state index contributed by atoms with van der Waals surface area (Å²) in [5.41, 5.74) is 3.22. The molecule has 1 aromatic heterocycles. The number of nitrogens with one attached hydrogen (secondary N) is 1. The number of aromatic nitrogens is 1. The standard InChI is InChI=1S/C15H17NO2S.HI/c1-9-6-10-7-11(8-19(2)3)18-15(10)12-4-5-13(17)16-14(9)12;/h4-6,11H,7-8H2,1-3H3;1H. The summed E-state index contributed by atoms with van der Waals surface area (Å²) in [4.78, 5) is 14.4. The van der Waals surface area contributed by atoms with Crippen LogP contribution in [-0.4, -0.2) is 29.4 Å². The zero-order chi connectivity index (χ0) is 13.6. The van der Waals surface area contributed by atoms with Gasteiger partial charge in [0.15, 0.2) is 0 Å². The highest BCUT2D eigenvalue weighted by Crippen LogP contribution is 2.37. The summed E-state index contributed by atoms with van der Waals surface area (Å²) in [5, 5.41) is 1.03. The van der Waals surface area contributed by atoms with Crippen molar-refractivity contribution in [2.24, 2.45) is 0 Å². The first-order valence-electron chi connectivity index (χ1n) is 6.41. The first-order chi connectivity index (χ1) is 9.04. The van der Waals surface area contributed by atoms with Crippen molar-refractivity contribution in [3.63, 3.8) is 0 Å². The van der Waals surface area contributed by atoms with Crippen LogP contribution in [0.3, 0.4) is 0 Å². The first kappa shape index (κ1) is 15.7. The average molecular weight is 403 g/mol. The molecule has 1 aromatic carbocycles. The number of hydrogen-bond acceptors (Lipinski definition) is 2. The largest absolute Gasteiger partial charge is 1.00 e. The number of H-pyrrole nitrogens is 1. The molecule has 0 bridgehead atoms. The SMILES string of the molecule is Cc1cc2c(c3ccc(=O)[nH]c13)OC(C[S+](C)C)C2.[I-]. The molecular weight excluding hydrogens is 385 g/mol. The lowest BCUT2D eigenvalue weighted by Crippen LogP contribution is -3.00. The molecular formula is C15H18INO2S. The van der Waals surface area contributed by atoms with Gasteiger partial charge in [0, 0.05) is 17.9 Å². The van der Waals surface area contributed by atoms with Crippen LogP contribution in [0.2, 0.25) is 0 Å². The predicted molar refractivity (Wildman–Crippen MR) is 81.5 cm³/mol. The van der Waals surface area contributed by atoms with Crippen molar-refractivity contribution < 1.29 is 28.7 Å². The van der Waals surface area contributed by atoms with E-state index in [-0.39, 0.29) is 35.6 Å². The molecule has 0 spiro atoms. The minimum absolute atomic E-state index is 0. The van der Waals surface area contributed by atoms with E-state index in [1.54, 1.807) is 6.07 Å². The maximum absolute atomic E-state index is 11.5. The molecule has 0 saturated carbocycles. The Hall–Kier alpha value is -0.690. The van der Waals surface area contributed by atoms with Crippen LogP contribution in [0.4, 0.5) is 0 Å². The van der Waals surface area contributed by atoms with Gasteiger partial charge in [-0.2, -0.15) is 0 Å². The van der Waals surface area contributed by atoms with Crippen molar-refractivity contribution in [2.75, 3.05) is 18.3 Å². The van der Waals surface area contributed by atoms with Gasteiger partial charge in [-0.1, -0.05) is 6.07 Å². The van der Waals surface area contributed by atoms with Gasteiger partial charge in [-0.15, -0.1) is 0 Å². The minimum Gasteiger partial charge on any atom is -1.00 e. The van der Waals surface area contributed by atoms with Crippen LogP contribution in [-0.2, 0) is 17.3 Å². The Morgan fingerprint density at radius 2 is 2.15 bits per heavy atom. The third-order valence-electron chi connectivity index (χ3n) is 3.49. The smallest absolute Gasteiger partial charge is 0.248 e. The summed E-state index contributed by atoms with van der Waals surface area (Å²) in [6.45, 7) is 2.04. The van der Waals surface area contributed by atoms with Crippen molar-refractivity contribution in [2.45, 2.75) is 19.4 Å². The van der Waals surface area contributed by atoms with E-state index < -0.39 is 0 Å². The topological polar surface area (TPSA) is 42.1 Å². The molecule has 0 fully saturated rings. The van der Waals surface area contributed by atoms with E-state index >= 15 is 0 Å². The highest BCUT2D eigenvalue weighted by Gasteiger charge is 2.29. The summed E-state index contributed by atoms with van der Waals surface area (Å²) in [6, 6.07) is 5.60. The number of aromatic amines is 1. The molecule has 20 heavy (non-hydrogen) atoms. The van der Waals surface area contributed by atoms with Gasteiger partial charge in [0.25, 0.3) is 0 Å². The molecule has 108 valence electrons. The number of rotatable bonds is 2. The Morgan fingerprint density at radius 1 is 1.40 bits per heavy atom. The minimum atomic E-state index is -0.0613. The van der Waals surface area contributed by atoms with Crippen LogP contribution in [0.1, 0.15) is 11.1 Å². The Labute approximate surface area is 138 Å². The molecule has 1 unspecified atom stereocenters. The van der Waals surface area contributed by atoms with Gasteiger partial charge in [-0.3, -0.25) is 4.79 Å². The monoisotopic (exact) mass is 403 g/mol. The Kier molecular flexibility index (Phi) is 4.69. The lowest BCUT2D eigenvalue weighted by atomic mass is 10.0. The molecule has 1 aliphatic heterocycles. The number of hydrogen-bond donors (Lipinski definition) is 1. The van der Waals surface area contributed by atoms with E-state index in [1.807, 2.05) is 13.0 Å². The van der Waals surface area contributed by atoms with Crippen LogP contribution >= 0.6 is 0 Å². The number of fused-ring (bicyclic) bond motifs is 3. The fourth-order valence-electron chi connectivity index (χ4n) is 2.76. The van der Waals surface area contributed by atoms with E-state index in [4.69, 9.17) is 4.74 Å². The van der Waals surface area contributed by atoms with Gasteiger partial charge in [0.2, 0.25) is 5.56 Å². The molecule has 1 atom stereocenters. The summed E-state index contributed by atoms with van der Waals surface area (Å²) in [7, 11) is 0.381. The van der Waals surface area contributed by atoms with E-state index in [9.17, 15) is 4.79 Å². The highest BCUT2D eigenvalue weighted by molar-refractivity contribution is 7.95. The van der Waals surface area contributed by atoms with Gasteiger partial charge in [-0.05, 0) is 35.0 Å². The molecule has 3 nitrogen and oxygen atoms in total. The lowest BCUT2D eigenvalue weighted by molar-refractivity contribution is -0.00000500. The molecule has 2 heterocycles. The highest BCUT2D eigenvalue weighted by atomic mass is 127. The van der Waals surface area contributed by atoms with Gasteiger partial charge in [0.05, 0.1) is 18.0 Å². The third kappa shape index (κ3) is 2.83.